The van der Waals surface area contributed by atoms with Crippen LogP contribution in [0.4, 0.5) is 17.5 Å². The molecule has 0 amide bonds. The zero-order chi connectivity index (χ0) is 58.4. The van der Waals surface area contributed by atoms with Crippen molar-refractivity contribution in [3.63, 3.8) is 0 Å². The highest BCUT2D eigenvalue weighted by Gasteiger charge is 2.31. The van der Waals surface area contributed by atoms with Crippen LogP contribution in [0, 0.1) is 107 Å². The third-order valence-electron chi connectivity index (χ3n) is 11.9. The van der Waals surface area contributed by atoms with E-state index >= 15 is 0 Å². The Morgan fingerprint density at radius 1 is 0.432 bits per heavy atom. The highest BCUT2D eigenvalue weighted by molar-refractivity contribution is 5.39. The van der Waals surface area contributed by atoms with Crippen LogP contribution in [0.1, 0.15) is 187 Å². The van der Waals surface area contributed by atoms with Gasteiger partial charge in [0.05, 0.1) is 29.6 Å². The van der Waals surface area contributed by atoms with Crippen molar-refractivity contribution in [3.8, 4) is 0 Å². The van der Waals surface area contributed by atoms with Crippen LogP contribution in [0.15, 0.2) is 43.0 Å². The average Bonchev–Trinajstić information content (AvgIpc) is 4.04. The monoisotopic (exact) mass is 1030 g/mol. The number of rotatable bonds is 3. The number of hydrogen-bond acceptors (Lipinski definition) is 9. The Morgan fingerprint density at radius 2 is 0.892 bits per heavy atom. The minimum absolute atomic E-state index is 0.148. The highest BCUT2D eigenvalue weighted by atomic mass is 16.6. The van der Waals surface area contributed by atoms with Crippen molar-refractivity contribution in [1.82, 2.24) is 42.4 Å². The van der Waals surface area contributed by atoms with E-state index in [9.17, 15) is 30.3 Å². The van der Waals surface area contributed by atoms with Gasteiger partial charge in [-0.25, -0.2) is 28.7 Å². The van der Waals surface area contributed by atoms with Gasteiger partial charge in [0.1, 0.15) is 39.7 Å². The van der Waals surface area contributed by atoms with Crippen molar-refractivity contribution in [1.29, 1.82) is 0 Å². The lowest BCUT2D eigenvalue weighted by atomic mass is 10.1. The molecule has 0 radical (unpaired) electrons. The van der Waals surface area contributed by atoms with E-state index in [1.165, 1.54) is 11.4 Å². The molecule has 74 heavy (non-hydrogen) atoms. The summed E-state index contributed by atoms with van der Waals surface area (Å²) in [5.41, 5.74) is 8.92. The van der Waals surface area contributed by atoms with Crippen molar-refractivity contribution < 1.29 is 14.8 Å². The van der Waals surface area contributed by atoms with Gasteiger partial charge in [0.2, 0.25) is 0 Å². The van der Waals surface area contributed by atoms with E-state index in [2.05, 4.69) is 125 Å². The van der Waals surface area contributed by atoms with Gasteiger partial charge in [-0.3, -0.25) is 0 Å². The number of nitro groups is 3. The Morgan fingerprint density at radius 3 is 1.14 bits per heavy atom. The van der Waals surface area contributed by atoms with Gasteiger partial charge < -0.3 is 44.0 Å². The standard InChI is InChI=1S/C10H16N2O2.C10H18N2.2C9H14N2O2.2C9H16N2/c1-7-6-8(2)11(10(3,4)5)9(7)12(13)14;1-7-8(2)12(9(3)11-7)10(4,5)6;1-7-5-6-10(9(2,3)4)8(7)11(12)13;1-7-5-6-8(11(12)13)10(7)9(2,3)4;1-7-8(2)11(6-10-7)9(3,4)5;1-7-6-11(8(2)10-7)9(3,4)5/h6H,1-5H3;1-6H3;2*5-6H,1-4H3;2*6H,1-5H3. The topological polar surface area (TPSA) is 198 Å². The summed E-state index contributed by atoms with van der Waals surface area (Å²) in [7, 11) is 0. The van der Waals surface area contributed by atoms with Crippen molar-refractivity contribution in [2.45, 2.75) is 234 Å². The first kappa shape index (κ1) is 65.7. The largest absolute Gasteiger partial charge is 0.358 e. The molecule has 0 saturated heterocycles. The second-order valence-electron chi connectivity index (χ2n) is 25.0. The molecule has 0 bridgehead atoms. The van der Waals surface area contributed by atoms with E-state index < -0.39 is 0 Å². The van der Waals surface area contributed by atoms with Crippen LogP contribution in [0.3, 0.4) is 0 Å². The molecule has 0 aromatic carbocycles. The Labute approximate surface area is 443 Å². The predicted octanol–water partition coefficient (Wildman–Crippen LogP) is 14.8. The summed E-state index contributed by atoms with van der Waals surface area (Å²) >= 11 is 0. The van der Waals surface area contributed by atoms with Gasteiger partial charge >= 0.3 is 17.5 Å². The van der Waals surface area contributed by atoms with E-state index in [0.717, 1.165) is 45.7 Å². The Balaban J connectivity index is 0.000000445. The van der Waals surface area contributed by atoms with E-state index in [1.54, 1.807) is 51.9 Å². The molecule has 0 unspecified atom stereocenters. The number of hydrogen-bond donors (Lipinski definition) is 0. The summed E-state index contributed by atoms with van der Waals surface area (Å²) in [6.45, 7) is 59.0. The normalized spacial score (nSPS) is 11.9. The van der Waals surface area contributed by atoms with Crippen molar-refractivity contribution in [2.75, 3.05) is 0 Å². The van der Waals surface area contributed by atoms with Crippen LogP contribution >= 0.6 is 0 Å². The molecule has 0 aliphatic carbocycles. The molecule has 0 N–H and O–H groups in total. The fraction of sp³-hybridized carbons (Fsp3) is 0.625. The first-order valence-corrected chi connectivity index (χ1v) is 25.2. The van der Waals surface area contributed by atoms with Crippen LogP contribution in [-0.4, -0.2) is 57.1 Å². The molecular weight excluding hydrogens is 937 g/mol. The fourth-order valence-corrected chi connectivity index (χ4v) is 8.93. The maximum atomic E-state index is 10.9. The van der Waals surface area contributed by atoms with Crippen LogP contribution < -0.4 is 0 Å². The molecule has 6 heterocycles. The second-order valence-corrected chi connectivity index (χ2v) is 25.0. The first-order valence-electron chi connectivity index (χ1n) is 25.2. The lowest BCUT2D eigenvalue weighted by molar-refractivity contribution is -0.393. The first-order chi connectivity index (χ1) is 33.1. The van der Waals surface area contributed by atoms with Crippen LogP contribution in [0.2, 0.25) is 0 Å². The van der Waals surface area contributed by atoms with Crippen molar-refractivity contribution >= 4 is 17.5 Å². The Bertz CT molecular complexity index is 2820. The summed E-state index contributed by atoms with van der Waals surface area (Å²) in [4.78, 5) is 44.3. The van der Waals surface area contributed by atoms with Gasteiger partial charge in [0.15, 0.2) is 0 Å². The zero-order valence-corrected chi connectivity index (χ0v) is 50.9. The Hall–Kier alpha value is -6.33. The van der Waals surface area contributed by atoms with Crippen molar-refractivity contribution in [3.05, 3.63) is 136 Å². The average molecular weight is 1030 g/mol. The Kier molecular flexibility index (Phi) is 21.6. The van der Waals surface area contributed by atoms with Gasteiger partial charge in [-0.05, 0) is 234 Å². The second kappa shape index (κ2) is 24.3. The quantitative estimate of drug-likeness (QED) is 0.122. The van der Waals surface area contributed by atoms with Gasteiger partial charge in [-0.2, -0.15) is 0 Å². The van der Waals surface area contributed by atoms with Crippen LogP contribution in [0.5, 0.6) is 0 Å². The molecule has 6 aromatic heterocycles. The minimum Gasteiger partial charge on any atom is -0.358 e. The molecule has 414 valence electrons. The molecule has 0 fully saturated rings. The van der Waals surface area contributed by atoms with Crippen molar-refractivity contribution in [2.24, 2.45) is 0 Å². The van der Waals surface area contributed by atoms with E-state index in [1.807, 2.05) is 109 Å². The third-order valence-corrected chi connectivity index (χ3v) is 11.9. The predicted molar refractivity (Wildman–Crippen MR) is 302 cm³/mol. The van der Waals surface area contributed by atoms with E-state index in [-0.39, 0.29) is 65.5 Å². The zero-order valence-electron chi connectivity index (χ0n) is 50.9. The number of aryl methyl sites for hydroxylation is 9. The maximum Gasteiger partial charge on any atom is 0.326 e. The van der Waals surface area contributed by atoms with Gasteiger partial charge in [0, 0.05) is 51.4 Å². The highest BCUT2D eigenvalue weighted by Crippen LogP contribution is 2.31. The SMILES string of the molecule is Cc1cc(C)n(C(C)(C)C)c1[N+](=O)[O-].Cc1ccc([N+](=O)[O-])n1C(C)(C)C.Cc1ccn(C(C)(C)C)c1[N+](=O)[O-].Cc1cn(C(C)(C)C)c(C)n1.Cc1nc(C)n(C(C)(C)C)c1C.Cc1ncn(C(C)(C)C)c1C. The maximum absolute atomic E-state index is 10.9. The summed E-state index contributed by atoms with van der Waals surface area (Å²) in [6.07, 6.45) is 5.76. The summed E-state index contributed by atoms with van der Waals surface area (Å²) < 4.78 is 11.9. The fourth-order valence-electron chi connectivity index (χ4n) is 8.93. The number of imidazole rings is 3. The molecule has 0 atom stereocenters. The summed E-state index contributed by atoms with van der Waals surface area (Å²) in [5.74, 6) is 2.75. The molecule has 18 heteroatoms. The lowest BCUT2D eigenvalue weighted by Crippen LogP contribution is -2.24. The van der Waals surface area contributed by atoms with Crippen LogP contribution in [-0.2, 0) is 33.2 Å². The van der Waals surface area contributed by atoms with Crippen LogP contribution in [0.25, 0.3) is 0 Å². The molecule has 0 aliphatic rings. The van der Waals surface area contributed by atoms with E-state index in [0.29, 0.717) is 5.56 Å². The molecule has 0 saturated carbocycles. The minimum atomic E-state index is -0.349. The molecule has 6 aromatic rings. The van der Waals surface area contributed by atoms with Gasteiger partial charge in [0.25, 0.3) is 0 Å². The molecule has 0 aliphatic heterocycles. The third kappa shape index (κ3) is 17.7. The molecular formula is C56H94N12O6. The smallest absolute Gasteiger partial charge is 0.326 e. The lowest BCUT2D eigenvalue weighted by Gasteiger charge is -2.24. The van der Waals surface area contributed by atoms with Gasteiger partial charge in [-0.15, -0.1) is 0 Å². The number of nitrogens with zero attached hydrogens (tertiary/aromatic N) is 12. The molecule has 0 spiro atoms. The molecule has 6 rings (SSSR count). The molecule has 18 nitrogen and oxygen atoms in total. The summed E-state index contributed by atoms with van der Waals surface area (Å²) in [6, 6.07) is 6.93. The van der Waals surface area contributed by atoms with E-state index in [4.69, 9.17) is 0 Å². The summed E-state index contributed by atoms with van der Waals surface area (Å²) in [5, 5.41) is 32.3. The number of aromatic nitrogens is 9. The van der Waals surface area contributed by atoms with Gasteiger partial charge in [-0.1, -0.05) is 0 Å².